The normalized spacial score (nSPS) is 11.6. The monoisotopic (exact) mass is 446 g/mol. The van der Waals surface area contributed by atoms with E-state index in [4.69, 9.17) is 9.47 Å². The molecule has 0 aliphatic heterocycles. The number of nitrogens with zero attached hydrogens (tertiary/aromatic N) is 1. The number of para-hydroxylation sites is 1. The molecular formula is C23H30N2O5S. The molecule has 2 aromatic rings. The molecular weight excluding hydrogens is 416 g/mol. The molecule has 1 N–H and O–H groups in total. The minimum Gasteiger partial charge on any atom is -0.495 e. The van der Waals surface area contributed by atoms with Crippen LogP contribution in [0.1, 0.15) is 32.8 Å². The van der Waals surface area contributed by atoms with Gasteiger partial charge < -0.3 is 14.8 Å². The predicted octanol–water partition coefficient (Wildman–Crippen LogP) is 4.17. The number of anilines is 1. The van der Waals surface area contributed by atoms with Crippen LogP contribution in [0.4, 0.5) is 5.69 Å². The second-order valence-electron chi connectivity index (χ2n) is 6.66. The van der Waals surface area contributed by atoms with Crippen molar-refractivity contribution in [1.29, 1.82) is 0 Å². The van der Waals surface area contributed by atoms with Crippen molar-refractivity contribution in [3.8, 4) is 11.5 Å². The van der Waals surface area contributed by atoms with Crippen molar-refractivity contribution in [2.45, 2.75) is 32.1 Å². The largest absolute Gasteiger partial charge is 0.495 e. The minimum atomic E-state index is -3.66. The SMILES string of the molecule is CCCOc1ccccc1/C=C/C(=O)Nc1cc(S(=O)(=O)N(CC)CC)ccc1OC. The highest BCUT2D eigenvalue weighted by Gasteiger charge is 2.23. The number of benzene rings is 2. The molecule has 0 atom stereocenters. The summed E-state index contributed by atoms with van der Waals surface area (Å²) in [4.78, 5) is 12.6. The molecule has 0 unspecified atom stereocenters. The summed E-state index contributed by atoms with van der Waals surface area (Å²) in [6, 6.07) is 11.8. The molecule has 0 fully saturated rings. The fraction of sp³-hybridized carbons (Fsp3) is 0.348. The van der Waals surface area contributed by atoms with Gasteiger partial charge in [-0.25, -0.2) is 8.42 Å². The summed E-state index contributed by atoms with van der Waals surface area (Å²) >= 11 is 0. The number of methoxy groups -OCH3 is 1. The lowest BCUT2D eigenvalue weighted by Crippen LogP contribution is -2.30. The average Bonchev–Trinajstić information content (AvgIpc) is 2.77. The smallest absolute Gasteiger partial charge is 0.248 e. The second kappa shape index (κ2) is 11.5. The summed E-state index contributed by atoms with van der Waals surface area (Å²) in [6.45, 7) is 6.87. The third-order valence-electron chi connectivity index (χ3n) is 4.57. The van der Waals surface area contributed by atoms with Gasteiger partial charge in [-0.1, -0.05) is 39.0 Å². The first-order valence-electron chi connectivity index (χ1n) is 10.3. The number of rotatable bonds is 11. The maximum Gasteiger partial charge on any atom is 0.248 e. The zero-order valence-electron chi connectivity index (χ0n) is 18.4. The van der Waals surface area contributed by atoms with Gasteiger partial charge in [-0.15, -0.1) is 0 Å². The second-order valence-corrected chi connectivity index (χ2v) is 8.60. The lowest BCUT2D eigenvalue weighted by atomic mass is 10.2. The van der Waals surface area contributed by atoms with E-state index in [9.17, 15) is 13.2 Å². The fourth-order valence-corrected chi connectivity index (χ4v) is 4.44. The Kier molecular flexibility index (Phi) is 9.08. The van der Waals surface area contributed by atoms with Crippen molar-refractivity contribution < 1.29 is 22.7 Å². The Bertz CT molecular complexity index is 1010. The van der Waals surface area contributed by atoms with Crippen molar-refractivity contribution in [3.05, 3.63) is 54.1 Å². The molecule has 7 nitrogen and oxygen atoms in total. The maximum atomic E-state index is 12.8. The Labute approximate surface area is 184 Å². The van der Waals surface area contributed by atoms with Crippen LogP contribution < -0.4 is 14.8 Å². The molecule has 2 aromatic carbocycles. The van der Waals surface area contributed by atoms with E-state index < -0.39 is 15.9 Å². The van der Waals surface area contributed by atoms with Crippen LogP contribution in [0.2, 0.25) is 0 Å². The van der Waals surface area contributed by atoms with Gasteiger partial charge in [0, 0.05) is 24.7 Å². The zero-order valence-corrected chi connectivity index (χ0v) is 19.2. The summed E-state index contributed by atoms with van der Waals surface area (Å²) in [5.74, 6) is 0.645. The molecule has 0 bridgehead atoms. The van der Waals surface area contributed by atoms with Crippen molar-refractivity contribution in [3.63, 3.8) is 0 Å². The number of hydrogen-bond acceptors (Lipinski definition) is 5. The van der Waals surface area contributed by atoms with Crippen LogP contribution in [0.5, 0.6) is 11.5 Å². The lowest BCUT2D eigenvalue weighted by molar-refractivity contribution is -0.111. The third-order valence-corrected chi connectivity index (χ3v) is 6.61. The first-order valence-corrected chi connectivity index (χ1v) is 11.7. The summed E-state index contributed by atoms with van der Waals surface area (Å²) in [7, 11) is -2.20. The number of amides is 1. The van der Waals surface area contributed by atoms with Crippen molar-refractivity contribution in [2.24, 2.45) is 0 Å². The van der Waals surface area contributed by atoms with Crippen LogP contribution in [-0.2, 0) is 14.8 Å². The Morgan fingerprint density at radius 3 is 2.42 bits per heavy atom. The molecule has 8 heteroatoms. The Morgan fingerprint density at radius 2 is 1.77 bits per heavy atom. The first-order chi connectivity index (χ1) is 14.9. The van der Waals surface area contributed by atoms with Gasteiger partial charge in [-0.3, -0.25) is 4.79 Å². The average molecular weight is 447 g/mol. The number of carbonyl (C=O) groups excluding carboxylic acids is 1. The maximum absolute atomic E-state index is 12.8. The van der Waals surface area contributed by atoms with E-state index in [0.717, 1.165) is 12.0 Å². The van der Waals surface area contributed by atoms with Gasteiger partial charge in [-0.2, -0.15) is 4.31 Å². The summed E-state index contributed by atoms with van der Waals surface area (Å²) in [6.07, 6.45) is 3.91. The first kappa shape index (κ1) is 24.4. The van der Waals surface area contributed by atoms with Crippen molar-refractivity contribution in [1.82, 2.24) is 4.31 Å². The van der Waals surface area contributed by atoms with Crippen LogP contribution in [0.15, 0.2) is 53.4 Å². The van der Waals surface area contributed by atoms with E-state index >= 15 is 0 Å². The molecule has 0 aliphatic carbocycles. The summed E-state index contributed by atoms with van der Waals surface area (Å²) in [5, 5.41) is 2.71. The van der Waals surface area contributed by atoms with E-state index in [1.165, 1.54) is 35.7 Å². The molecule has 2 rings (SSSR count). The number of carbonyl (C=O) groups is 1. The van der Waals surface area contributed by atoms with Crippen molar-refractivity contribution in [2.75, 3.05) is 32.1 Å². The molecule has 0 spiro atoms. The molecule has 0 aromatic heterocycles. The molecule has 0 heterocycles. The highest BCUT2D eigenvalue weighted by atomic mass is 32.2. The molecule has 31 heavy (non-hydrogen) atoms. The van der Waals surface area contributed by atoms with Gasteiger partial charge in [0.1, 0.15) is 11.5 Å². The molecule has 0 aliphatic rings. The number of ether oxygens (including phenoxy) is 2. The van der Waals surface area contributed by atoms with E-state index in [2.05, 4.69) is 5.32 Å². The number of hydrogen-bond donors (Lipinski definition) is 1. The van der Waals surface area contributed by atoms with Crippen LogP contribution in [-0.4, -0.2) is 45.4 Å². The van der Waals surface area contributed by atoms with E-state index in [0.29, 0.717) is 31.2 Å². The van der Waals surface area contributed by atoms with Gasteiger partial charge in [-0.05, 0) is 36.8 Å². The van der Waals surface area contributed by atoms with Gasteiger partial charge in [0.25, 0.3) is 0 Å². The topological polar surface area (TPSA) is 84.9 Å². The molecule has 168 valence electrons. The Hall–Kier alpha value is -2.84. The highest BCUT2D eigenvalue weighted by molar-refractivity contribution is 7.89. The van der Waals surface area contributed by atoms with Gasteiger partial charge in [0.15, 0.2) is 0 Å². The molecule has 0 saturated heterocycles. The lowest BCUT2D eigenvalue weighted by Gasteiger charge is -2.19. The minimum absolute atomic E-state index is 0.0922. The predicted molar refractivity (Wildman–Crippen MR) is 123 cm³/mol. The van der Waals surface area contributed by atoms with E-state index in [1.54, 1.807) is 19.9 Å². The van der Waals surface area contributed by atoms with E-state index in [1.807, 2.05) is 31.2 Å². The summed E-state index contributed by atoms with van der Waals surface area (Å²) in [5.41, 5.74) is 1.05. The number of nitrogens with one attached hydrogen (secondary N) is 1. The fourth-order valence-electron chi connectivity index (χ4n) is 2.96. The van der Waals surface area contributed by atoms with Crippen LogP contribution in [0.3, 0.4) is 0 Å². The third kappa shape index (κ3) is 6.32. The molecule has 0 radical (unpaired) electrons. The quantitative estimate of drug-likeness (QED) is 0.524. The van der Waals surface area contributed by atoms with Gasteiger partial charge in [0.05, 0.1) is 24.3 Å². The van der Waals surface area contributed by atoms with Crippen LogP contribution in [0.25, 0.3) is 6.08 Å². The van der Waals surface area contributed by atoms with E-state index in [-0.39, 0.29) is 10.6 Å². The molecule has 1 amide bonds. The van der Waals surface area contributed by atoms with Crippen molar-refractivity contribution >= 4 is 27.7 Å². The van der Waals surface area contributed by atoms with Gasteiger partial charge >= 0.3 is 0 Å². The van der Waals surface area contributed by atoms with Crippen LogP contribution in [0, 0.1) is 0 Å². The Morgan fingerprint density at radius 1 is 1.06 bits per heavy atom. The number of sulfonamides is 1. The summed E-state index contributed by atoms with van der Waals surface area (Å²) < 4.78 is 38.0. The molecule has 0 saturated carbocycles. The van der Waals surface area contributed by atoms with Gasteiger partial charge in [0.2, 0.25) is 15.9 Å². The van der Waals surface area contributed by atoms with Crippen LogP contribution >= 0.6 is 0 Å². The highest BCUT2D eigenvalue weighted by Crippen LogP contribution is 2.29. The zero-order chi connectivity index (χ0) is 22.9. The Balaban J connectivity index is 2.26. The standard InChI is InChI=1S/C23H30N2O5S/c1-5-16-30-21-11-9-8-10-18(21)12-15-23(26)24-20-17-19(13-14-22(20)29-4)31(27,28)25(6-2)7-3/h8-15,17H,5-7,16H2,1-4H3,(H,24,26)/b15-12+.